The third kappa shape index (κ3) is 2.95. The van der Waals surface area contributed by atoms with E-state index in [-0.39, 0.29) is 18.8 Å². The summed E-state index contributed by atoms with van der Waals surface area (Å²) in [5, 5.41) is 11.9. The molecule has 1 aromatic heterocycles. The quantitative estimate of drug-likeness (QED) is 0.793. The highest BCUT2D eigenvalue weighted by molar-refractivity contribution is 6.17. The number of nitrogens with one attached hydrogen (secondary N) is 1. The average Bonchev–Trinajstić information content (AvgIpc) is 2.84. The monoisotopic (exact) mass is 310 g/mol. The van der Waals surface area contributed by atoms with Crippen LogP contribution < -0.4 is 5.32 Å². The van der Waals surface area contributed by atoms with Crippen LogP contribution in [0.25, 0.3) is 11.1 Å². The molecule has 116 valence electrons. The summed E-state index contributed by atoms with van der Waals surface area (Å²) in [6.07, 6.45) is 6.01. The lowest BCUT2D eigenvalue weighted by atomic mass is 10.1. The average molecular weight is 310 g/mol. The van der Waals surface area contributed by atoms with Gasteiger partial charge in [0, 0.05) is 35.3 Å². The van der Waals surface area contributed by atoms with Crippen molar-refractivity contribution in [2.45, 2.75) is 0 Å². The smallest absolute Gasteiger partial charge is 0.277 e. The van der Waals surface area contributed by atoms with Crippen molar-refractivity contribution in [3.63, 3.8) is 0 Å². The minimum atomic E-state index is -0.455. The maximum absolute atomic E-state index is 12.2. The van der Waals surface area contributed by atoms with Gasteiger partial charge in [0.25, 0.3) is 11.8 Å². The largest absolute Gasteiger partial charge is 0.395 e. The van der Waals surface area contributed by atoms with E-state index in [0.29, 0.717) is 5.69 Å². The van der Waals surface area contributed by atoms with Crippen molar-refractivity contribution >= 4 is 17.5 Å². The SMILES string of the molecule is O=C1C=C(Nc2ccccc2-c2cncnc2)C(=O)N1CCO. The van der Waals surface area contributed by atoms with Crippen LogP contribution in [0, 0.1) is 0 Å². The summed E-state index contributed by atoms with van der Waals surface area (Å²) in [5.74, 6) is -0.893. The Labute approximate surface area is 132 Å². The summed E-state index contributed by atoms with van der Waals surface area (Å²) in [5.41, 5.74) is 2.45. The number of imide groups is 1. The van der Waals surface area contributed by atoms with Crippen LogP contribution in [0.4, 0.5) is 5.69 Å². The molecule has 2 amide bonds. The zero-order valence-corrected chi connectivity index (χ0v) is 12.1. The Hall–Kier alpha value is -3.06. The summed E-state index contributed by atoms with van der Waals surface area (Å²) in [6.45, 7) is -0.288. The van der Waals surface area contributed by atoms with Crippen LogP contribution in [0.15, 0.2) is 54.8 Å². The molecule has 0 radical (unpaired) electrons. The van der Waals surface area contributed by atoms with Crippen LogP contribution in [0.2, 0.25) is 0 Å². The molecule has 0 spiro atoms. The highest BCUT2D eigenvalue weighted by atomic mass is 16.3. The molecule has 3 rings (SSSR count). The van der Waals surface area contributed by atoms with Gasteiger partial charge in [-0.1, -0.05) is 18.2 Å². The van der Waals surface area contributed by atoms with E-state index in [0.717, 1.165) is 16.0 Å². The fourth-order valence-electron chi connectivity index (χ4n) is 2.34. The number of rotatable bonds is 5. The van der Waals surface area contributed by atoms with E-state index in [4.69, 9.17) is 5.11 Å². The second kappa shape index (κ2) is 6.37. The second-order valence-corrected chi connectivity index (χ2v) is 4.87. The summed E-state index contributed by atoms with van der Waals surface area (Å²) in [7, 11) is 0. The molecule has 0 aliphatic carbocycles. The molecule has 0 unspecified atom stereocenters. The molecule has 0 bridgehead atoms. The van der Waals surface area contributed by atoms with Gasteiger partial charge in [0.05, 0.1) is 13.2 Å². The van der Waals surface area contributed by atoms with E-state index in [1.807, 2.05) is 18.2 Å². The maximum atomic E-state index is 12.2. The lowest BCUT2D eigenvalue weighted by molar-refractivity contribution is -0.137. The van der Waals surface area contributed by atoms with Crippen molar-refractivity contribution < 1.29 is 14.7 Å². The predicted molar refractivity (Wildman–Crippen MR) is 83.0 cm³/mol. The molecule has 0 saturated heterocycles. The third-order valence-corrected chi connectivity index (χ3v) is 3.40. The molecule has 1 aliphatic heterocycles. The molecule has 1 aromatic carbocycles. The van der Waals surface area contributed by atoms with Crippen molar-refractivity contribution in [3.05, 3.63) is 54.8 Å². The van der Waals surface area contributed by atoms with Crippen LogP contribution >= 0.6 is 0 Å². The normalized spacial score (nSPS) is 14.1. The van der Waals surface area contributed by atoms with E-state index in [1.165, 1.54) is 12.4 Å². The van der Waals surface area contributed by atoms with Gasteiger partial charge in [0.2, 0.25) is 0 Å². The summed E-state index contributed by atoms with van der Waals surface area (Å²) < 4.78 is 0. The Balaban J connectivity index is 1.89. The van der Waals surface area contributed by atoms with Crippen LogP contribution in [0.1, 0.15) is 0 Å². The first-order valence-corrected chi connectivity index (χ1v) is 7.00. The number of nitrogens with zero attached hydrogens (tertiary/aromatic N) is 3. The van der Waals surface area contributed by atoms with Crippen molar-refractivity contribution in [1.82, 2.24) is 14.9 Å². The Bertz CT molecular complexity index is 774. The molecule has 0 fully saturated rings. The number of para-hydroxylation sites is 1. The number of anilines is 1. The predicted octanol–water partition coefficient (Wildman–Crippen LogP) is 0.800. The van der Waals surface area contributed by atoms with Crippen LogP contribution in [0.5, 0.6) is 0 Å². The van der Waals surface area contributed by atoms with Gasteiger partial charge in [-0.15, -0.1) is 0 Å². The number of amides is 2. The summed E-state index contributed by atoms with van der Waals surface area (Å²) >= 11 is 0. The molecule has 0 saturated carbocycles. The minimum Gasteiger partial charge on any atom is -0.395 e. The van der Waals surface area contributed by atoms with E-state index >= 15 is 0 Å². The van der Waals surface area contributed by atoms with Gasteiger partial charge in [0.1, 0.15) is 12.0 Å². The van der Waals surface area contributed by atoms with Gasteiger partial charge in [0.15, 0.2) is 0 Å². The molecule has 2 aromatic rings. The lowest BCUT2D eigenvalue weighted by Crippen LogP contribution is -2.34. The summed E-state index contributed by atoms with van der Waals surface area (Å²) in [4.78, 5) is 33.0. The first-order valence-electron chi connectivity index (χ1n) is 7.00. The number of aliphatic hydroxyl groups is 1. The Kier molecular flexibility index (Phi) is 4.11. The fourth-order valence-corrected chi connectivity index (χ4v) is 2.34. The van der Waals surface area contributed by atoms with Crippen molar-refractivity contribution in [3.8, 4) is 11.1 Å². The number of hydrogen-bond donors (Lipinski definition) is 2. The molecule has 1 aliphatic rings. The lowest BCUT2D eigenvalue weighted by Gasteiger charge is -2.15. The van der Waals surface area contributed by atoms with E-state index in [9.17, 15) is 9.59 Å². The topological polar surface area (TPSA) is 95.4 Å². The number of carbonyl (C=O) groups excluding carboxylic acids is 2. The van der Waals surface area contributed by atoms with Crippen LogP contribution in [-0.4, -0.2) is 44.9 Å². The zero-order chi connectivity index (χ0) is 16.2. The minimum absolute atomic E-state index is 0.0203. The Morgan fingerprint density at radius 2 is 1.87 bits per heavy atom. The third-order valence-electron chi connectivity index (χ3n) is 3.40. The van der Waals surface area contributed by atoms with E-state index < -0.39 is 11.8 Å². The van der Waals surface area contributed by atoms with Crippen molar-refractivity contribution in [2.24, 2.45) is 0 Å². The fraction of sp³-hybridized carbons (Fsp3) is 0.125. The molecule has 0 atom stereocenters. The van der Waals surface area contributed by atoms with Gasteiger partial charge in [-0.2, -0.15) is 0 Å². The number of hydrogen-bond acceptors (Lipinski definition) is 6. The van der Waals surface area contributed by atoms with E-state index in [1.54, 1.807) is 18.5 Å². The van der Waals surface area contributed by atoms with Gasteiger partial charge >= 0.3 is 0 Å². The molecular weight excluding hydrogens is 296 g/mol. The first-order chi connectivity index (χ1) is 11.2. The number of β-amino-alcohol motifs (C(OH)–C–C–N with tert-alkyl or cyclic N) is 1. The second-order valence-electron chi connectivity index (χ2n) is 4.87. The number of aliphatic hydroxyl groups excluding tert-OH is 1. The molecule has 7 nitrogen and oxygen atoms in total. The molecule has 23 heavy (non-hydrogen) atoms. The van der Waals surface area contributed by atoms with Gasteiger partial charge < -0.3 is 10.4 Å². The molecule has 2 N–H and O–H groups in total. The number of aromatic nitrogens is 2. The maximum Gasteiger partial charge on any atom is 0.277 e. The first kappa shape index (κ1) is 14.9. The molecule has 2 heterocycles. The number of carbonyl (C=O) groups is 2. The van der Waals surface area contributed by atoms with Crippen molar-refractivity contribution in [2.75, 3.05) is 18.5 Å². The van der Waals surface area contributed by atoms with Crippen LogP contribution in [-0.2, 0) is 9.59 Å². The summed E-state index contributed by atoms with van der Waals surface area (Å²) in [6, 6.07) is 7.36. The number of benzene rings is 1. The van der Waals surface area contributed by atoms with E-state index in [2.05, 4.69) is 15.3 Å². The highest BCUT2D eigenvalue weighted by Gasteiger charge is 2.30. The van der Waals surface area contributed by atoms with Crippen LogP contribution in [0.3, 0.4) is 0 Å². The standard InChI is InChI=1S/C16H14N4O3/c21-6-5-20-15(22)7-14(16(20)23)19-13-4-2-1-3-12(13)11-8-17-10-18-9-11/h1-4,7-10,19,21H,5-6H2. The van der Waals surface area contributed by atoms with Gasteiger partial charge in [-0.05, 0) is 6.07 Å². The van der Waals surface area contributed by atoms with Crippen molar-refractivity contribution in [1.29, 1.82) is 0 Å². The highest BCUT2D eigenvalue weighted by Crippen LogP contribution is 2.28. The van der Waals surface area contributed by atoms with Gasteiger partial charge in [-0.25, -0.2) is 9.97 Å². The Morgan fingerprint density at radius 3 is 2.61 bits per heavy atom. The molecule has 7 heteroatoms. The Morgan fingerprint density at radius 1 is 1.13 bits per heavy atom. The van der Waals surface area contributed by atoms with Gasteiger partial charge in [-0.3, -0.25) is 14.5 Å². The molecular formula is C16H14N4O3. The zero-order valence-electron chi connectivity index (χ0n) is 12.1.